The molecule has 1 aliphatic carbocycles. The lowest BCUT2D eigenvalue weighted by atomic mass is 10.2. The highest BCUT2D eigenvalue weighted by Gasteiger charge is 2.43. The van der Waals surface area contributed by atoms with Crippen LogP contribution in [0.15, 0.2) is 42.2 Å². The summed E-state index contributed by atoms with van der Waals surface area (Å²) >= 11 is 1.38. The molecule has 1 aromatic carbocycles. The van der Waals surface area contributed by atoms with Crippen LogP contribution >= 0.6 is 11.3 Å². The number of carbonyl (C=O) groups is 1. The van der Waals surface area contributed by atoms with Crippen LogP contribution in [0.1, 0.15) is 11.4 Å². The summed E-state index contributed by atoms with van der Waals surface area (Å²) in [4.78, 5) is 11.9. The molecule has 1 saturated carbocycles. The second kappa shape index (κ2) is 7.56. The van der Waals surface area contributed by atoms with Gasteiger partial charge in [0.15, 0.2) is 0 Å². The third kappa shape index (κ3) is 4.50. The Morgan fingerprint density at radius 2 is 2.12 bits per heavy atom. The zero-order valence-electron chi connectivity index (χ0n) is 13.2. The van der Waals surface area contributed by atoms with Gasteiger partial charge in [-0.05, 0) is 6.42 Å². The van der Waals surface area contributed by atoms with Crippen molar-refractivity contribution in [2.75, 3.05) is 0 Å². The van der Waals surface area contributed by atoms with Crippen molar-refractivity contribution in [1.29, 1.82) is 0 Å². The first-order valence-corrected chi connectivity index (χ1v) is 8.52. The van der Waals surface area contributed by atoms with Crippen molar-refractivity contribution in [1.82, 2.24) is 20.8 Å². The standard InChI is InChI=1S/C16H17F2N5OS/c17-14(18)10-6-12(10)20-7-11(19)15(24)21-8-13-22-23-16(25-13)9-4-2-1-3-5-9/h1-5,7,10,12,14,20H,6,8,19H2,(H,21,24)/b11-7-. The van der Waals surface area contributed by atoms with Gasteiger partial charge in [-0.3, -0.25) is 4.79 Å². The Morgan fingerprint density at radius 3 is 2.80 bits per heavy atom. The van der Waals surface area contributed by atoms with Crippen LogP contribution < -0.4 is 16.4 Å². The highest BCUT2D eigenvalue weighted by atomic mass is 32.1. The van der Waals surface area contributed by atoms with E-state index in [-0.39, 0.29) is 18.3 Å². The summed E-state index contributed by atoms with van der Waals surface area (Å²) in [6.07, 6.45) is -0.689. The Kier molecular flexibility index (Phi) is 5.22. The van der Waals surface area contributed by atoms with E-state index in [4.69, 9.17) is 5.73 Å². The number of benzene rings is 1. The lowest BCUT2D eigenvalue weighted by Gasteiger charge is -2.04. The van der Waals surface area contributed by atoms with Crippen molar-refractivity contribution in [3.63, 3.8) is 0 Å². The van der Waals surface area contributed by atoms with Crippen molar-refractivity contribution in [3.05, 3.63) is 47.2 Å². The zero-order valence-corrected chi connectivity index (χ0v) is 14.0. The van der Waals surface area contributed by atoms with E-state index in [0.717, 1.165) is 10.6 Å². The molecule has 9 heteroatoms. The number of rotatable bonds is 7. The molecule has 0 bridgehead atoms. The molecule has 1 aliphatic rings. The molecule has 2 unspecified atom stereocenters. The van der Waals surface area contributed by atoms with Crippen LogP contribution in [0, 0.1) is 5.92 Å². The first kappa shape index (κ1) is 17.3. The minimum atomic E-state index is -2.35. The Hall–Kier alpha value is -2.55. The lowest BCUT2D eigenvalue weighted by Crippen LogP contribution is -2.30. The minimum absolute atomic E-state index is 0.0623. The molecule has 0 aliphatic heterocycles. The predicted molar refractivity (Wildman–Crippen MR) is 90.5 cm³/mol. The Morgan fingerprint density at radius 1 is 1.36 bits per heavy atom. The van der Waals surface area contributed by atoms with E-state index in [1.54, 1.807) is 0 Å². The number of carbonyl (C=O) groups excluding carboxylic acids is 1. The molecule has 1 amide bonds. The second-order valence-corrected chi connectivity index (χ2v) is 6.72. The van der Waals surface area contributed by atoms with Gasteiger partial charge in [-0.15, -0.1) is 10.2 Å². The Labute approximate surface area is 147 Å². The highest BCUT2D eigenvalue weighted by Crippen LogP contribution is 2.35. The van der Waals surface area contributed by atoms with Crippen LogP contribution in [-0.2, 0) is 11.3 Å². The number of amides is 1. The van der Waals surface area contributed by atoms with Crippen molar-refractivity contribution in [2.45, 2.75) is 25.4 Å². The van der Waals surface area contributed by atoms with E-state index in [0.29, 0.717) is 11.4 Å². The molecule has 0 spiro atoms. The van der Waals surface area contributed by atoms with Gasteiger partial charge in [0.25, 0.3) is 5.91 Å². The van der Waals surface area contributed by atoms with Crippen LogP contribution in [0.25, 0.3) is 10.6 Å². The molecule has 132 valence electrons. The van der Waals surface area contributed by atoms with Gasteiger partial charge in [0.05, 0.1) is 6.54 Å². The van der Waals surface area contributed by atoms with Gasteiger partial charge in [-0.25, -0.2) is 8.78 Å². The van der Waals surface area contributed by atoms with E-state index < -0.39 is 18.3 Å². The molecule has 1 fully saturated rings. The minimum Gasteiger partial charge on any atom is -0.393 e. The summed E-state index contributed by atoms with van der Waals surface area (Å²) < 4.78 is 24.8. The largest absolute Gasteiger partial charge is 0.393 e. The fourth-order valence-corrected chi connectivity index (χ4v) is 3.01. The third-order valence-corrected chi connectivity index (χ3v) is 4.74. The number of hydrogen-bond acceptors (Lipinski definition) is 6. The lowest BCUT2D eigenvalue weighted by molar-refractivity contribution is -0.117. The van der Waals surface area contributed by atoms with Gasteiger partial charge in [0, 0.05) is 23.7 Å². The molecule has 3 rings (SSSR count). The van der Waals surface area contributed by atoms with Gasteiger partial charge in [0.1, 0.15) is 15.7 Å². The SMILES string of the molecule is N/C(=C\NC1CC1C(F)F)C(=O)NCc1nnc(-c2ccccc2)s1. The van der Waals surface area contributed by atoms with E-state index >= 15 is 0 Å². The number of nitrogens with zero attached hydrogens (tertiary/aromatic N) is 2. The smallest absolute Gasteiger partial charge is 0.269 e. The van der Waals surface area contributed by atoms with Crippen molar-refractivity contribution in [3.8, 4) is 10.6 Å². The van der Waals surface area contributed by atoms with Gasteiger partial charge < -0.3 is 16.4 Å². The topological polar surface area (TPSA) is 92.9 Å². The van der Waals surface area contributed by atoms with E-state index in [1.165, 1.54) is 17.5 Å². The normalized spacial score (nSPS) is 19.7. The van der Waals surface area contributed by atoms with Gasteiger partial charge in [0.2, 0.25) is 6.43 Å². The molecule has 2 aromatic rings. The summed E-state index contributed by atoms with van der Waals surface area (Å²) in [7, 11) is 0. The number of hydrogen-bond donors (Lipinski definition) is 3. The zero-order chi connectivity index (χ0) is 17.8. The third-order valence-electron chi connectivity index (χ3n) is 3.77. The average Bonchev–Trinajstić information content (AvgIpc) is 3.26. The Balaban J connectivity index is 1.48. The Bertz CT molecular complexity index is 765. The van der Waals surface area contributed by atoms with Gasteiger partial charge in [-0.2, -0.15) is 0 Å². The molecule has 2 atom stereocenters. The van der Waals surface area contributed by atoms with Crippen molar-refractivity contribution < 1.29 is 13.6 Å². The fourth-order valence-electron chi connectivity index (χ4n) is 2.23. The second-order valence-electron chi connectivity index (χ2n) is 5.66. The summed E-state index contributed by atoms with van der Waals surface area (Å²) in [5, 5.41) is 14.9. The van der Waals surface area contributed by atoms with Crippen LogP contribution in [0.4, 0.5) is 8.78 Å². The molecular weight excluding hydrogens is 348 g/mol. The van der Waals surface area contributed by atoms with Crippen molar-refractivity contribution >= 4 is 17.2 Å². The van der Waals surface area contributed by atoms with Crippen LogP contribution in [0.3, 0.4) is 0 Å². The summed E-state index contributed by atoms with van der Waals surface area (Å²) in [6.45, 7) is 0.195. The van der Waals surface area contributed by atoms with E-state index in [1.807, 2.05) is 30.3 Å². The van der Waals surface area contributed by atoms with E-state index in [2.05, 4.69) is 20.8 Å². The first-order valence-electron chi connectivity index (χ1n) is 7.70. The summed E-state index contributed by atoms with van der Waals surface area (Å²) in [6, 6.07) is 9.28. The molecule has 4 N–H and O–H groups in total. The fraction of sp³-hybridized carbons (Fsp3) is 0.312. The number of alkyl halides is 2. The molecule has 25 heavy (non-hydrogen) atoms. The molecule has 1 aromatic heterocycles. The molecule has 1 heterocycles. The van der Waals surface area contributed by atoms with Crippen LogP contribution in [-0.4, -0.2) is 28.6 Å². The van der Waals surface area contributed by atoms with E-state index in [9.17, 15) is 13.6 Å². The van der Waals surface area contributed by atoms with Gasteiger partial charge in [-0.1, -0.05) is 41.7 Å². The molecule has 0 radical (unpaired) electrons. The summed E-state index contributed by atoms with van der Waals surface area (Å²) in [5.41, 5.74) is 6.54. The maximum absolute atomic E-state index is 12.4. The quantitative estimate of drug-likeness (QED) is 0.652. The summed E-state index contributed by atoms with van der Waals surface area (Å²) in [5.74, 6) is -1.15. The number of nitrogens with one attached hydrogen (secondary N) is 2. The maximum Gasteiger partial charge on any atom is 0.269 e. The average molecular weight is 365 g/mol. The van der Waals surface area contributed by atoms with Crippen molar-refractivity contribution in [2.24, 2.45) is 11.7 Å². The van der Waals surface area contributed by atoms with Gasteiger partial charge >= 0.3 is 0 Å². The predicted octanol–water partition coefficient (Wildman–Crippen LogP) is 1.86. The molecular formula is C16H17F2N5OS. The number of aromatic nitrogens is 2. The monoisotopic (exact) mass is 365 g/mol. The first-order chi connectivity index (χ1) is 12.0. The number of nitrogens with two attached hydrogens (primary N) is 1. The number of halogens is 2. The maximum atomic E-state index is 12.4. The molecule has 0 saturated heterocycles. The van der Waals surface area contributed by atoms with Crippen LogP contribution in [0.2, 0.25) is 0 Å². The highest BCUT2D eigenvalue weighted by molar-refractivity contribution is 7.14. The molecule has 6 nitrogen and oxygen atoms in total. The van der Waals surface area contributed by atoms with Crippen LogP contribution in [0.5, 0.6) is 0 Å².